The van der Waals surface area contributed by atoms with Crippen LogP contribution in [0.25, 0.3) is 0 Å². The molecular formula is C15H26N2O. The minimum atomic E-state index is -0.468. The quantitative estimate of drug-likeness (QED) is 0.788. The molecule has 0 amide bonds. The zero-order valence-electron chi connectivity index (χ0n) is 11.5. The van der Waals surface area contributed by atoms with Gasteiger partial charge in [-0.2, -0.15) is 0 Å². The number of hydrogen-bond donors (Lipinski definition) is 2. The van der Waals surface area contributed by atoms with Gasteiger partial charge in [-0.25, -0.2) is 0 Å². The highest BCUT2D eigenvalue weighted by molar-refractivity contribution is 5.09. The van der Waals surface area contributed by atoms with E-state index in [4.69, 9.17) is 0 Å². The van der Waals surface area contributed by atoms with Crippen LogP contribution in [0.4, 0.5) is 0 Å². The van der Waals surface area contributed by atoms with Gasteiger partial charge < -0.3 is 15.0 Å². The molecule has 1 aliphatic rings. The van der Waals surface area contributed by atoms with Crippen LogP contribution in [0.5, 0.6) is 0 Å². The third-order valence-corrected chi connectivity index (χ3v) is 3.99. The van der Waals surface area contributed by atoms with E-state index in [-0.39, 0.29) is 0 Å². The van der Waals surface area contributed by atoms with Gasteiger partial charge in [0.15, 0.2) is 0 Å². The van der Waals surface area contributed by atoms with Gasteiger partial charge in [0, 0.05) is 32.0 Å². The topological polar surface area (TPSA) is 37.2 Å². The molecule has 2 rings (SSSR count). The van der Waals surface area contributed by atoms with Gasteiger partial charge in [-0.3, -0.25) is 0 Å². The van der Waals surface area contributed by atoms with Crippen LogP contribution in [0, 0.1) is 0 Å². The highest BCUT2D eigenvalue weighted by Gasteiger charge is 2.27. The highest BCUT2D eigenvalue weighted by atomic mass is 16.3. The van der Waals surface area contributed by atoms with E-state index in [0.717, 1.165) is 32.5 Å². The van der Waals surface area contributed by atoms with Gasteiger partial charge in [0.25, 0.3) is 0 Å². The molecule has 1 aromatic heterocycles. The molecule has 3 heteroatoms. The Kier molecular flexibility index (Phi) is 4.84. The maximum Gasteiger partial charge on any atom is 0.0771 e. The fourth-order valence-electron chi connectivity index (χ4n) is 2.79. The standard InChI is InChI=1S/C15H26N2O/c1-2-17-10-7-14(12-17)11-16-13-15(18)8-5-3-4-6-9-15/h7,10,12,16,18H,2-6,8-9,11,13H2,1H3. The molecule has 0 spiro atoms. The first-order chi connectivity index (χ1) is 8.72. The molecule has 1 heterocycles. The summed E-state index contributed by atoms with van der Waals surface area (Å²) in [6.45, 7) is 4.75. The van der Waals surface area contributed by atoms with Crippen LogP contribution in [-0.2, 0) is 13.1 Å². The van der Waals surface area contributed by atoms with Crippen molar-refractivity contribution in [3.63, 3.8) is 0 Å². The Bertz CT molecular complexity index is 351. The van der Waals surface area contributed by atoms with Gasteiger partial charge in [-0.1, -0.05) is 25.7 Å². The minimum Gasteiger partial charge on any atom is -0.389 e. The van der Waals surface area contributed by atoms with Crippen LogP contribution in [0.1, 0.15) is 51.0 Å². The molecule has 0 aliphatic heterocycles. The van der Waals surface area contributed by atoms with Gasteiger partial charge in [0.1, 0.15) is 0 Å². The SMILES string of the molecule is CCn1ccc(CNCC2(O)CCCCCC2)c1. The lowest BCUT2D eigenvalue weighted by Gasteiger charge is -2.26. The number of aryl methyl sites for hydroxylation is 1. The highest BCUT2D eigenvalue weighted by Crippen LogP contribution is 2.26. The van der Waals surface area contributed by atoms with Crippen molar-refractivity contribution in [2.45, 2.75) is 64.1 Å². The molecule has 0 atom stereocenters. The lowest BCUT2D eigenvalue weighted by atomic mass is 9.94. The molecule has 18 heavy (non-hydrogen) atoms. The molecule has 0 radical (unpaired) electrons. The smallest absolute Gasteiger partial charge is 0.0771 e. The van der Waals surface area contributed by atoms with Crippen molar-refractivity contribution < 1.29 is 5.11 Å². The zero-order valence-corrected chi connectivity index (χ0v) is 11.5. The number of nitrogens with one attached hydrogen (secondary N) is 1. The average molecular weight is 250 g/mol. The van der Waals surface area contributed by atoms with Gasteiger partial charge in [0.2, 0.25) is 0 Å². The van der Waals surface area contributed by atoms with Crippen molar-refractivity contribution in [2.75, 3.05) is 6.54 Å². The molecule has 0 aromatic carbocycles. The molecule has 102 valence electrons. The summed E-state index contributed by atoms with van der Waals surface area (Å²) in [5.74, 6) is 0. The zero-order chi connectivity index (χ0) is 12.8. The second kappa shape index (κ2) is 6.39. The van der Waals surface area contributed by atoms with Crippen molar-refractivity contribution in [1.29, 1.82) is 0 Å². The molecule has 0 saturated heterocycles. The summed E-state index contributed by atoms with van der Waals surface area (Å²) < 4.78 is 2.18. The Balaban J connectivity index is 1.76. The van der Waals surface area contributed by atoms with E-state index >= 15 is 0 Å². The second-order valence-electron chi connectivity index (χ2n) is 5.59. The van der Waals surface area contributed by atoms with Crippen LogP contribution >= 0.6 is 0 Å². The third kappa shape index (κ3) is 3.85. The van der Waals surface area contributed by atoms with E-state index in [2.05, 4.69) is 35.3 Å². The number of aromatic nitrogens is 1. The Morgan fingerprint density at radius 3 is 2.61 bits per heavy atom. The van der Waals surface area contributed by atoms with Gasteiger partial charge >= 0.3 is 0 Å². The maximum atomic E-state index is 10.5. The van der Waals surface area contributed by atoms with Crippen molar-refractivity contribution in [3.8, 4) is 0 Å². The summed E-state index contributed by atoms with van der Waals surface area (Å²) >= 11 is 0. The lowest BCUT2D eigenvalue weighted by Crippen LogP contribution is -2.39. The summed E-state index contributed by atoms with van der Waals surface area (Å²) in [5, 5.41) is 13.9. The number of rotatable bonds is 5. The fourth-order valence-corrected chi connectivity index (χ4v) is 2.79. The molecule has 1 saturated carbocycles. The number of nitrogens with zero attached hydrogens (tertiary/aromatic N) is 1. The molecular weight excluding hydrogens is 224 g/mol. The van der Waals surface area contributed by atoms with E-state index in [1.54, 1.807) is 0 Å². The fraction of sp³-hybridized carbons (Fsp3) is 0.733. The van der Waals surface area contributed by atoms with Crippen LogP contribution in [0.2, 0.25) is 0 Å². The predicted octanol–water partition coefficient (Wildman–Crippen LogP) is 2.68. The van der Waals surface area contributed by atoms with Crippen LogP contribution in [0.15, 0.2) is 18.5 Å². The van der Waals surface area contributed by atoms with E-state index in [1.165, 1.54) is 31.2 Å². The largest absolute Gasteiger partial charge is 0.389 e. The predicted molar refractivity (Wildman–Crippen MR) is 74.5 cm³/mol. The Labute approximate surface area is 110 Å². The number of hydrogen-bond acceptors (Lipinski definition) is 2. The summed E-state index contributed by atoms with van der Waals surface area (Å²) in [6, 6.07) is 2.15. The Morgan fingerprint density at radius 1 is 1.28 bits per heavy atom. The summed E-state index contributed by atoms with van der Waals surface area (Å²) in [4.78, 5) is 0. The molecule has 1 fully saturated rings. The maximum absolute atomic E-state index is 10.5. The van der Waals surface area contributed by atoms with Crippen molar-refractivity contribution in [2.24, 2.45) is 0 Å². The summed E-state index contributed by atoms with van der Waals surface area (Å²) in [7, 11) is 0. The van der Waals surface area contributed by atoms with Gasteiger partial charge in [-0.15, -0.1) is 0 Å². The average Bonchev–Trinajstić information content (AvgIpc) is 2.71. The van der Waals surface area contributed by atoms with Crippen LogP contribution in [-0.4, -0.2) is 21.8 Å². The molecule has 3 nitrogen and oxygen atoms in total. The molecule has 1 aliphatic carbocycles. The van der Waals surface area contributed by atoms with E-state index in [9.17, 15) is 5.11 Å². The van der Waals surface area contributed by atoms with E-state index in [1.807, 2.05) is 0 Å². The Hall–Kier alpha value is -0.800. The van der Waals surface area contributed by atoms with Crippen LogP contribution in [0.3, 0.4) is 0 Å². The third-order valence-electron chi connectivity index (χ3n) is 3.99. The summed E-state index contributed by atoms with van der Waals surface area (Å²) in [6.07, 6.45) is 11.1. The normalized spacial score (nSPS) is 19.7. The Morgan fingerprint density at radius 2 is 2.00 bits per heavy atom. The minimum absolute atomic E-state index is 0.468. The monoisotopic (exact) mass is 250 g/mol. The summed E-state index contributed by atoms with van der Waals surface area (Å²) in [5.41, 5.74) is 0.832. The first kappa shape index (κ1) is 13.6. The van der Waals surface area contributed by atoms with Gasteiger partial charge in [0.05, 0.1) is 5.60 Å². The second-order valence-corrected chi connectivity index (χ2v) is 5.59. The molecule has 2 N–H and O–H groups in total. The first-order valence-corrected chi connectivity index (χ1v) is 7.30. The first-order valence-electron chi connectivity index (χ1n) is 7.30. The van der Waals surface area contributed by atoms with Crippen molar-refractivity contribution >= 4 is 0 Å². The van der Waals surface area contributed by atoms with Crippen molar-refractivity contribution in [1.82, 2.24) is 9.88 Å². The van der Waals surface area contributed by atoms with Gasteiger partial charge in [-0.05, 0) is 31.4 Å². The van der Waals surface area contributed by atoms with E-state index < -0.39 is 5.60 Å². The lowest BCUT2D eigenvalue weighted by molar-refractivity contribution is 0.0250. The number of aliphatic hydroxyl groups is 1. The van der Waals surface area contributed by atoms with Crippen molar-refractivity contribution in [3.05, 3.63) is 24.0 Å². The van der Waals surface area contributed by atoms with Crippen LogP contribution < -0.4 is 5.32 Å². The molecule has 0 bridgehead atoms. The van der Waals surface area contributed by atoms with E-state index in [0.29, 0.717) is 0 Å². The molecule has 1 aromatic rings. The molecule has 0 unspecified atom stereocenters.